The quantitative estimate of drug-likeness (QED) is 0.201. The maximum atomic E-state index is 2.47. The van der Waals surface area contributed by atoms with Gasteiger partial charge in [-0.05, 0) is 108 Å². The zero-order valence-electron chi connectivity index (χ0n) is 24.6. The zero-order valence-corrected chi connectivity index (χ0v) is 24.6. The fourth-order valence-electron chi connectivity index (χ4n) is 7.39. The highest BCUT2D eigenvalue weighted by Crippen LogP contribution is 2.39. The van der Waals surface area contributed by atoms with Gasteiger partial charge in [0.1, 0.15) is 0 Å². The topological polar surface area (TPSA) is 9.86 Å². The van der Waals surface area contributed by atoms with Crippen LogP contribution in [0.15, 0.2) is 140 Å². The summed E-state index contributed by atoms with van der Waals surface area (Å²) in [5.74, 6) is 0. The lowest BCUT2D eigenvalue weighted by molar-refractivity contribution is 0.968. The van der Waals surface area contributed by atoms with Crippen molar-refractivity contribution in [3.05, 3.63) is 151 Å². The number of allylic oxidation sites excluding steroid dienone is 5. The molecule has 2 aromatic heterocycles. The second kappa shape index (κ2) is 10.1. The minimum atomic E-state index is 1.06. The number of benzene rings is 5. The number of rotatable bonds is 4. The molecule has 0 spiro atoms. The van der Waals surface area contributed by atoms with E-state index in [-0.39, 0.29) is 0 Å². The van der Waals surface area contributed by atoms with Crippen LogP contribution in [0.4, 0.5) is 0 Å². The summed E-state index contributed by atoms with van der Waals surface area (Å²) in [6.45, 7) is 0. The second-order valence-electron chi connectivity index (χ2n) is 12.0. The Balaban J connectivity index is 1.21. The molecule has 0 radical (unpaired) electrons. The Bertz CT molecular complexity index is 2320. The van der Waals surface area contributed by atoms with Crippen molar-refractivity contribution in [2.24, 2.45) is 0 Å². The van der Waals surface area contributed by atoms with Gasteiger partial charge in [0.05, 0.1) is 16.6 Å². The smallest absolute Gasteiger partial charge is 0.0538 e. The molecule has 44 heavy (non-hydrogen) atoms. The van der Waals surface area contributed by atoms with Crippen molar-refractivity contribution in [3.63, 3.8) is 0 Å². The lowest BCUT2D eigenvalue weighted by atomic mass is 9.97. The van der Waals surface area contributed by atoms with Gasteiger partial charge in [-0.3, -0.25) is 0 Å². The molecule has 0 fully saturated rings. The third kappa shape index (κ3) is 3.95. The van der Waals surface area contributed by atoms with Gasteiger partial charge in [0, 0.05) is 33.2 Å². The molecule has 0 aliphatic heterocycles. The van der Waals surface area contributed by atoms with E-state index in [1.165, 1.54) is 77.6 Å². The summed E-state index contributed by atoms with van der Waals surface area (Å²) in [7, 11) is 0. The van der Waals surface area contributed by atoms with E-state index < -0.39 is 0 Å². The van der Waals surface area contributed by atoms with Crippen LogP contribution < -0.4 is 0 Å². The number of aromatic nitrogens is 2. The van der Waals surface area contributed by atoms with Crippen LogP contribution in [0, 0.1) is 0 Å². The molecule has 2 nitrogen and oxygen atoms in total. The Morgan fingerprint density at radius 3 is 2.02 bits per heavy atom. The average Bonchev–Trinajstić information content (AvgIpc) is 3.61. The predicted molar refractivity (Wildman–Crippen MR) is 187 cm³/mol. The summed E-state index contributed by atoms with van der Waals surface area (Å²) in [4.78, 5) is 0. The van der Waals surface area contributed by atoms with Gasteiger partial charge in [-0.1, -0.05) is 91.0 Å². The lowest BCUT2D eigenvalue weighted by Gasteiger charge is -2.14. The van der Waals surface area contributed by atoms with Crippen molar-refractivity contribution in [2.45, 2.75) is 25.7 Å². The van der Waals surface area contributed by atoms with Crippen LogP contribution >= 0.6 is 0 Å². The monoisotopic (exact) mass is 564 g/mol. The Kier molecular flexibility index (Phi) is 5.80. The molecule has 9 rings (SSSR count). The molecule has 2 heteroatoms. The SMILES string of the molecule is C1=CCCC(n2c3ccccc3c3cc(-c4ccc5c(c4)c4c(n5-c5cccc(-c6ccccc6)c5)C=CCC4)ccc32)=C1. The van der Waals surface area contributed by atoms with Crippen LogP contribution in [0.25, 0.3) is 72.4 Å². The molecule has 0 saturated heterocycles. The van der Waals surface area contributed by atoms with Gasteiger partial charge in [-0.25, -0.2) is 0 Å². The van der Waals surface area contributed by atoms with Crippen molar-refractivity contribution in [1.82, 2.24) is 9.13 Å². The van der Waals surface area contributed by atoms with Crippen LogP contribution in [0.2, 0.25) is 0 Å². The molecule has 0 saturated carbocycles. The van der Waals surface area contributed by atoms with E-state index in [2.05, 4.69) is 155 Å². The van der Waals surface area contributed by atoms with Crippen LogP contribution in [0.5, 0.6) is 0 Å². The fourth-order valence-corrected chi connectivity index (χ4v) is 7.39. The normalized spacial score (nSPS) is 14.4. The highest BCUT2D eigenvalue weighted by atomic mass is 15.0. The molecule has 2 aliphatic rings. The van der Waals surface area contributed by atoms with Crippen LogP contribution in [-0.2, 0) is 6.42 Å². The molecule has 0 atom stereocenters. The Hall–Kier alpha value is -5.34. The van der Waals surface area contributed by atoms with E-state index in [0.29, 0.717) is 0 Å². The van der Waals surface area contributed by atoms with Crippen LogP contribution in [0.1, 0.15) is 30.5 Å². The highest BCUT2D eigenvalue weighted by molar-refractivity contribution is 6.11. The standard InChI is InChI=1S/C42H32N2/c1-3-12-29(13-4-1)30-14-11-17-34(26-30)44-40-21-10-8-19-36(40)38-28-32(23-25-42(38)44)31-22-24-41-37(27-31)35-18-7-9-20-39(35)43(41)33-15-5-2-6-16-33/h1-5,7,9-15,17-18,20-28H,6,8,16,19H2. The van der Waals surface area contributed by atoms with E-state index in [1.54, 1.807) is 0 Å². The maximum Gasteiger partial charge on any atom is 0.0538 e. The van der Waals surface area contributed by atoms with E-state index in [4.69, 9.17) is 0 Å². The van der Waals surface area contributed by atoms with E-state index in [1.807, 2.05) is 0 Å². The van der Waals surface area contributed by atoms with Crippen molar-refractivity contribution in [3.8, 4) is 27.9 Å². The van der Waals surface area contributed by atoms with E-state index >= 15 is 0 Å². The molecule has 7 aromatic rings. The van der Waals surface area contributed by atoms with E-state index in [0.717, 1.165) is 25.7 Å². The van der Waals surface area contributed by atoms with Crippen LogP contribution in [-0.4, -0.2) is 9.13 Å². The predicted octanol–water partition coefficient (Wildman–Crippen LogP) is 11.2. The summed E-state index contributed by atoms with van der Waals surface area (Å²) in [5, 5.41) is 3.98. The van der Waals surface area contributed by atoms with Crippen molar-refractivity contribution >= 4 is 44.5 Å². The van der Waals surface area contributed by atoms with Gasteiger partial charge >= 0.3 is 0 Å². The fraction of sp³-hybridized carbons (Fsp3) is 0.0952. The third-order valence-electron chi connectivity index (χ3n) is 9.45. The average molecular weight is 565 g/mol. The molecular formula is C42H32N2. The van der Waals surface area contributed by atoms with Gasteiger partial charge in [0.15, 0.2) is 0 Å². The number of fused-ring (bicyclic) bond motifs is 6. The highest BCUT2D eigenvalue weighted by Gasteiger charge is 2.20. The largest absolute Gasteiger partial charge is 0.313 e. The first-order valence-corrected chi connectivity index (χ1v) is 15.7. The first-order valence-electron chi connectivity index (χ1n) is 15.7. The van der Waals surface area contributed by atoms with Crippen molar-refractivity contribution < 1.29 is 0 Å². The lowest BCUT2D eigenvalue weighted by Crippen LogP contribution is -2.00. The molecule has 2 aliphatic carbocycles. The van der Waals surface area contributed by atoms with Crippen molar-refractivity contribution in [1.29, 1.82) is 0 Å². The molecule has 0 N–H and O–H groups in total. The first-order chi connectivity index (χ1) is 21.8. The summed E-state index contributed by atoms with van der Waals surface area (Å²) in [5.41, 5.74) is 14.2. The van der Waals surface area contributed by atoms with Gasteiger partial charge in [-0.2, -0.15) is 0 Å². The van der Waals surface area contributed by atoms with Gasteiger partial charge < -0.3 is 9.13 Å². The van der Waals surface area contributed by atoms with Crippen LogP contribution in [0.3, 0.4) is 0 Å². The Morgan fingerprint density at radius 1 is 0.477 bits per heavy atom. The molecule has 210 valence electrons. The first kappa shape index (κ1) is 25.2. The second-order valence-corrected chi connectivity index (χ2v) is 12.0. The van der Waals surface area contributed by atoms with Gasteiger partial charge in [-0.15, -0.1) is 0 Å². The number of hydrogen-bond donors (Lipinski definition) is 0. The number of para-hydroxylation sites is 1. The van der Waals surface area contributed by atoms with Gasteiger partial charge in [0.25, 0.3) is 0 Å². The zero-order chi connectivity index (χ0) is 29.0. The molecule has 5 aromatic carbocycles. The molecule has 2 heterocycles. The summed E-state index contributed by atoms with van der Waals surface area (Å²) in [6, 6.07) is 42.6. The Labute approximate surface area is 257 Å². The summed E-state index contributed by atoms with van der Waals surface area (Å²) < 4.78 is 4.92. The minimum absolute atomic E-state index is 1.06. The summed E-state index contributed by atoms with van der Waals surface area (Å²) >= 11 is 0. The number of nitrogens with zero attached hydrogens (tertiary/aromatic N) is 2. The third-order valence-corrected chi connectivity index (χ3v) is 9.45. The molecule has 0 bridgehead atoms. The minimum Gasteiger partial charge on any atom is -0.313 e. The Morgan fingerprint density at radius 2 is 1.18 bits per heavy atom. The summed E-state index contributed by atoms with van der Waals surface area (Å²) in [6.07, 6.45) is 15.7. The maximum absolute atomic E-state index is 2.47. The number of aryl methyl sites for hydroxylation is 1. The number of hydrogen-bond acceptors (Lipinski definition) is 0. The van der Waals surface area contributed by atoms with Crippen molar-refractivity contribution in [2.75, 3.05) is 0 Å². The molecule has 0 unspecified atom stereocenters. The van der Waals surface area contributed by atoms with E-state index in [9.17, 15) is 0 Å². The molecule has 0 amide bonds. The van der Waals surface area contributed by atoms with Gasteiger partial charge in [0.2, 0.25) is 0 Å². The molecular weight excluding hydrogens is 532 g/mol.